The molecule has 28 heavy (non-hydrogen) atoms. The topological polar surface area (TPSA) is 81.3 Å². The van der Waals surface area contributed by atoms with Gasteiger partial charge in [0.1, 0.15) is 6.54 Å². The Hall–Kier alpha value is -3.74. The van der Waals surface area contributed by atoms with Crippen LogP contribution in [0.3, 0.4) is 0 Å². The molecule has 0 bridgehead atoms. The van der Waals surface area contributed by atoms with E-state index in [9.17, 15) is 9.59 Å². The first-order valence-corrected chi connectivity index (χ1v) is 8.90. The van der Waals surface area contributed by atoms with Crippen molar-refractivity contribution < 1.29 is 4.79 Å². The Morgan fingerprint density at radius 3 is 2.21 bits per heavy atom. The van der Waals surface area contributed by atoms with Crippen LogP contribution < -0.4 is 11.0 Å². The molecular formula is C21H19N5O2. The summed E-state index contributed by atoms with van der Waals surface area (Å²) < 4.78 is 2.33. The molecule has 7 heteroatoms. The zero-order valence-electron chi connectivity index (χ0n) is 15.6. The summed E-state index contributed by atoms with van der Waals surface area (Å²) in [4.78, 5) is 24.9. The van der Waals surface area contributed by atoms with Gasteiger partial charge < -0.3 is 5.32 Å². The van der Waals surface area contributed by atoms with Crippen LogP contribution >= 0.6 is 0 Å². The summed E-state index contributed by atoms with van der Waals surface area (Å²) >= 11 is 0. The highest BCUT2D eigenvalue weighted by atomic mass is 16.2. The Morgan fingerprint density at radius 2 is 1.54 bits per heavy atom. The Balaban J connectivity index is 1.59. The summed E-state index contributed by atoms with van der Waals surface area (Å²) in [6, 6.07) is 18.9. The fraction of sp³-hybridized carbons (Fsp3) is 0.143. The second-order valence-electron chi connectivity index (χ2n) is 6.71. The minimum absolute atomic E-state index is 0.185. The maximum absolute atomic E-state index is 12.6. The zero-order valence-corrected chi connectivity index (χ0v) is 15.6. The van der Waals surface area contributed by atoms with Crippen LogP contribution in [0.5, 0.6) is 0 Å². The molecule has 7 nitrogen and oxygen atoms in total. The van der Waals surface area contributed by atoms with E-state index in [1.54, 1.807) is 6.07 Å². The third-order valence-electron chi connectivity index (χ3n) is 4.42. The van der Waals surface area contributed by atoms with E-state index in [1.807, 2.05) is 68.4 Å². The summed E-state index contributed by atoms with van der Waals surface area (Å²) in [7, 11) is 0. The highest BCUT2D eigenvalue weighted by Crippen LogP contribution is 2.17. The molecule has 0 spiro atoms. The van der Waals surface area contributed by atoms with E-state index in [-0.39, 0.29) is 12.5 Å². The molecule has 2 aromatic heterocycles. The third kappa shape index (κ3) is 3.55. The zero-order chi connectivity index (χ0) is 19.7. The first-order valence-electron chi connectivity index (χ1n) is 8.90. The van der Waals surface area contributed by atoms with Crippen LogP contribution in [-0.4, -0.2) is 25.3 Å². The molecule has 1 N–H and O–H groups in total. The molecule has 0 atom stereocenters. The van der Waals surface area contributed by atoms with Crippen molar-refractivity contribution in [2.24, 2.45) is 0 Å². The monoisotopic (exact) mass is 373 g/mol. The van der Waals surface area contributed by atoms with Crippen molar-refractivity contribution in [1.82, 2.24) is 19.4 Å². The average Bonchev–Trinajstić information content (AvgIpc) is 2.99. The Labute approximate surface area is 161 Å². The van der Waals surface area contributed by atoms with Gasteiger partial charge in [0.25, 0.3) is 0 Å². The number of fused-ring (bicyclic) bond motifs is 1. The molecule has 2 aromatic carbocycles. The average molecular weight is 373 g/mol. The molecule has 140 valence electrons. The number of benzene rings is 2. The number of nitrogens with one attached hydrogen (secondary N) is 1. The SMILES string of the molecule is Cc1ccc(NC(=O)Cn2nc3ccc(-c4ccc(C)cc4)nn3c2=O)cc1. The van der Waals surface area contributed by atoms with Gasteiger partial charge in [0.15, 0.2) is 5.65 Å². The maximum Gasteiger partial charge on any atom is 0.367 e. The van der Waals surface area contributed by atoms with E-state index in [0.29, 0.717) is 17.0 Å². The fourth-order valence-electron chi connectivity index (χ4n) is 2.86. The quantitative estimate of drug-likeness (QED) is 0.596. The van der Waals surface area contributed by atoms with Crippen LogP contribution in [0.25, 0.3) is 16.9 Å². The van der Waals surface area contributed by atoms with Crippen molar-refractivity contribution in [3.8, 4) is 11.3 Å². The molecule has 0 saturated heterocycles. The lowest BCUT2D eigenvalue weighted by atomic mass is 10.1. The number of nitrogens with zero attached hydrogens (tertiary/aromatic N) is 4. The highest BCUT2D eigenvalue weighted by Gasteiger charge is 2.13. The van der Waals surface area contributed by atoms with E-state index < -0.39 is 5.69 Å². The van der Waals surface area contributed by atoms with Gasteiger partial charge in [0, 0.05) is 11.3 Å². The van der Waals surface area contributed by atoms with Gasteiger partial charge in [0.05, 0.1) is 5.69 Å². The minimum Gasteiger partial charge on any atom is -0.324 e. The van der Waals surface area contributed by atoms with Crippen molar-refractivity contribution in [3.05, 3.63) is 82.3 Å². The third-order valence-corrected chi connectivity index (χ3v) is 4.42. The van der Waals surface area contributed by atoms with Gasteiger partial charge in [0.2, 0.25) is 5.91 Å². The van der Waals surface area contributed by atoms with E-state index in [1.165, 1.54) is 4.52 Å². The molecule has 4 rings (SSSR count). The molecule has 0 fully saturated rings. The number of amides is 1. The molecule has 2 heterocycles. The molecule has 0 saturated carbocycles. The van der Waals surface area contributed by atoms with E-state index in [4.69, 9.17) is 0 Å². The first kappa shape index (κ1) is 17.7. The van der Waals surface area contributed by atoms with Crippen molar-refractivity contribution in [1.29, 1.82) is 0 Å². The standard InChI is InChI=1S/C21H19N5O2/c1-14-3-7-16(8-4-14)18-11-12-19-24-25(21(28)26(19)23-18)13-20(27)22-17-9-5-15(2)6-10-17/h3-12H,13H2,1-2H3,(H,22,27). The van der Waals surface area contributed by atoms with Gasteiger partial charge in [-0.2, -0.15) is 9.61 Å². The smallest absolute Gasteiger partial charge is 0.324 e. The maximum atomic E-state index is 12.6. The van der Waals surface area contributed by atoms with Gasteiger partial charge in [-0.25, -0.2) is 9.48 Å². The number of aryl methyl sites for hydroxylation is 2. The number of rotatable bonds is 4. The molecular weight excluding hydrogens is 354 g/mol. The van der Waals surface area contributed by atoms with Crippen LogP contribution in [-0.2, 0) is 11.3 Å². The largest absolute Gasteiger partial charge is 0.367 e. The van der Waals surface area contributed by atoms with Crippen LogP contribution in [0.2, 0.25) is 0 Å². The van der Waals surface area contributed by atoms with Gasteiger partial charge in [-0.1, -0.05) is 47.5 Å². The summed E-state index contributed by atoms with van der Waals surface area (Å²) in [5.41, 5.74) is 4.43. The van der Waals surface area contributed by atoms with Gasteiger partial charge >= 0.3 is 5.69 Å². The van der Waals surface area contributed by atoms with Crippen LogP contribution in [0.1, 0.15) is 11.1 Å². The molecule has 0 aliphatic heterocycles. The van der Waals surface area contributed by atoms with Crippen molar-refractivity contribution in [3.63, 3.8) is 0 Å². The van der Waals surface area contributed by atoms with Crippen molar-refractivity contribution in [2.75, 3.05) is 5.32 Å². The summed E-state index contributed by atoms with van der Waals surface area (Å²) in [6.45, 7) is 3.80. The summed E-state index contributed by atoms with van der Waals surface area (Å²) in [5, 5.41) is 11.3. The molecule has 0 unspecified atom stereocenters. The second kappa shape index (κ2) is 7.11. The Kier molecular flexibility index (Phi) is 4.49. The van der Waals surface area contributed by atoms with E-state index in [0.717, 1.165) is 21.4 Å². The lowest BCUT2D eigenvalue weighted by molar-refractivity contribution is -0.117. The number of anilines is 1. The molecule has 4 aromatic rings. The van der Waals surface area contributed by atoms with Crippen molar-refractivity contribution in [2.45, 2.75) is 20.4 Å². The summed E-state index contributed by atoms with van der Waals surface area (Å²) in [6.07, 6.45) is 0. The van der Waals surface area contributed by atoms with Gasteiger partial charge in [-0.15, -0.1) is 5.10 Å². The van der Waals surface area contributed by atoms with Crippen molar-refractivity contribution >= 4 is 17.2 Å². The highest BCUT2D eigenvalue weighted by molar-refractivity contribution is 5.90. The number of hydrogen-bond acceptors (Lipinski definition) is 4. The fourth-order valence-corrected chi connectivity index (χ4v) is 2.86. The lowest BCUT2D eigenvalue weighted by Crippen LogP contribution is -2.28. The molecule has 0 aliphatic carbocycles. The predicted molar refractivity (Wildman–Crippen MR) is 107 cm³/mol. The normalized spacial score (nSPS) is 10.9. The van der Waals surface area contributed by atoms with E-state index in [2.05, 4.69) is 15.5 Å². The van der Waals surface area contributed by atoms with Gasteiger partial charge in [-0.05, 0) is 38.1 Å². The first-order chi connectivity index (χ1) is 13.5. The van der Waals surface area contributed by atoms with Gasteiger partial charge in [-0.3, -0.25) is 4.79 Å². The molecule has 0 aliphatic rings. The van der Waals surface area contributed by atoms with Crippen LogP contribution in [0, 0.1) is 13.8 Å². The lowest BCUT2D eigenvalue weighted by Gasteiger charge is -2.04. The van der Waals surface area contributed by atoms with E-state index >= 15 is 0 Å². The molecule has 0 radical (unpaired) electrons. The Morgan fingerprint density at radius 1 is 0.893 bits per heavy atom. The van der Waals surface area contributed by atoms with Crippen LogP contribution in [0.4, 0.5) is 5.69 Å². The van der Waals surface area contributed by atoms with Crippen LogP contribution in [0.15, 0.2) is 65.5 Å². The summed E-state index contributed by atoms with van der Waals surface area (Å²) in [5.74, 6) is -0.326. The number of carbonyl (C=O) groups is 1. The number of aromatic nitrogens is 4. The molecule has 1 amide bonds. The Bertz CT molecular complexity index is 1200. The number of carbonyl (C=O) groups excluding carboxylic acids is 1. The predicted octanol–water partition coefficient (Wildman–Crippen LogP) is 2.81. The minimum atomic E-state index is -0.456. The number of hydrogen-bond donors (Lipinski definition) is 1. The second-order valence-corrected chi connectivity index (χ2v) is 6.71.